The highest BCUT2D eigenvalue weighted by Gasteiger charge is 2.10. The fraction of sp³-hybridized carbons (Fsp3) is 0.174. The van der Waals surface area contributed by atoms with E-state index in [0.717, 1.165) is 39.8 Å². The van der Waals surface area contributed by atoms with Gasteiger partial charge < -0.3 is 4.74 Å². The predicted octanol–water partition coefficient (Wildman–Crippen LogP) is 5.46. The summed E-state index contributed by atoms with van der Waals surface area (Å²) in [7, 11) is 0. The van der Waals surface area contributed by atoms with E-state index in [1.165, 1.54) is 12.1 Å². The van der Waals surface area contributed by atoms with Crippen LogP contribution in [0.25, 0.3) is 33.5 Å². The van der Waals surface area contributed by atoms with Crippen molar-refractivity contribution in [2.75, 3.05) is 6.61 Å². The van der Waals surface area contributed by atoms with Crippen LogP contribution in [0.2, 0.25) is 0 Å². The number of pyridine rings is 1. The average Bonchev–Trinajstić information content (AvgIpc) is 2.74. The van der Waals surface area contributed by atoms with Gasteiger partial charge >= 0.3 is 0 Å². The van der Waals surface area contributed by atoms with Gasteiger partial charge in [-0.25, -0.2) is 19.3 Å². The first-order valence-electron chi connectivity index (χ1n) is 9.32. The van der Waals surface area contributed by atoms with E-state index in [1.807, 2.05) is 44.2 Å². The monoisotopic (exact) mass is 373 g/mol. The zero-order chi connectivity index (χ0) is 19.5. The van der Waals surface area contributed by atoms with E-state index in [9.17, 15) is 4.39 Å². The van der Waals surface area contributed by atoms with Crippen molar-refractivity contribution < 1.29 is 9.13 Å². The third kappa shape index (κ3) is 3.56. The molecule has 140 valence electrons. The van der Waals surface area contributed by atoms with Crippen LogP contribution in [0.15, 0.2) is 60.9 Å². The highest BCUT2D eigenvalue weighted by molar-refractivity contribution is 5.84. The molecule has 2 heterocycles. The van der Waals surface area contributed by atoms with Gasteiger partial charge in [-0.1, -0.05) is 19.1 Å². The average molecular weight is 373 g/mol. The van der Waals surface area contributed by atoms with Crippen molar-refractivity contribution in [2.24, 2.45) is 0 Å². The summed E-state index contributed by atoms with van der Waals surface area (Å²) >= 11 is 0. The molecule has 0 amide bonds. The lowest BCUT2D eigenvalue weighted by Crippen LogP contribution is -1.96. The summed E-state index contributed by atoms with van der Waals surface area (Å²) in [5, 5.41) is 0.831. The van der Waals surface area contributed by atoms with Crippen LogP contribution in [0, 0.1) is 5.82 Å². The lowest BCUT2D eigenvalue weighted by molar-refractivity contribution is 0.340. The summed E-state index contributed by atoms with van der Waals surface area (Å²) in [5.41, 5.74) is 4.40. The third-order valence-electron chi connectivity index (χ3n) is 4.62. The maximum Gasteiger partial charge on any atom is 0.178 e. The van der Waals surface area contributed by atoms with Gasteiger partial charge in [-0.05, 0) is 60.9 Å². The summed E-state index contributed by atoms with van der Waals surface area (Å²) in [6.45, 7) is 4.64. The molecule has 2 aromatic heterocycles. The largest absolute Gasteiger partial charge is 0.494 e. The first-order valence-corrected chi connectivity index (χ1v) is 9.32. The number of ether oxygens (including phenoxy) is 1. The van der Waals surface area contributed by atoms with E-state index in [1.54, 1.807) is 18.5 Å². The van der Waals surface area contributed by atoms with Crippen molar-refractivity contribution in [2.45, 2.75) is 20.3 Å². The van der Waals surface area contributed by atoms with Crippen LogP contribution in [0.3, 0.4) is 0 Å². The molecular formula is C23H20FN3O. The summed E-state index contributed by atoms with van der Waals surface area (Å²) < 4.78 is 19.1. The van der Waals surface area contributed by atoms with Gasteiger partial charge in [0.25, 0.3) is 0 Å². The Labute approximate surface area is 163 Å². The van der Waals surface area contributed by atoms with Crippen LogP contribution >= 0.6 is 0 Å². The number of hydrogen-bond donors (Lipinski definition) is 0. The van der Waals surface area contributed by atoms with Crippen molar-refractivity contribution >= 4 is 10.9 Å². The molecule has 0 atom stereocenters. The summed E-state index contributed by atoms with van der Waals surface area (Å²) in [6.07, 6.45) is 4.36. The molecule has 4 rings (SSSR count). The number of benzene rings is 2. The molecule has 0 saturated heterocycles. The Bertz CT molecular complexity index is 1110. The Hall–Kier alpha value is -3.34. The minimum atomic E-state index is -0.257. The van der Waals surface area contributed by atoms with Gasteiger partial charge in [0.1, 0.15) is 17.3 Å². The van der Waals surface area contributed by atoms with Crippen molar-refractivity contribution in [1.82, 2.24) is 15.0 Å². The number of aryl methyl sites for hydroxylation is 1. The number of rotatable bonds is 5. The van der Waals surface area contributed by atoms with E-state index in [-0.39, 0.29) is 5.82 Å². The molecule has 4 nitrogen and oxygen atoms in total. The van der Waals surface area contributed by atoms with Gasteiger partial charge in [0.05, 0.1) is 12.1 Å². The van der Waals surface area contributed by atoms with E-state index in [0.29, 0.717) is 18.1 Å². The first-order chi connectivity index (χ1) is 13.7. The normalized spacial score (nSPS) is 11.0. The number of fused-ring (bicyclic) bond motifs is 1. The van der Waals surface area contributed by atoms with Crippen LogP contribution in [-0.4, -0.2) is 21.6 Å². The predicted molar refractivity (Wildman–Crippen MR) is 109 cm³/mol. The van der Waals surface area contributed by atoms with Gasteiger partial charge in [0, 0.05) is 23.3 Å². The lowest BCUT2D eigenvalue weighted by atomic mass is 10.0. The van der Waals surface area contributed by atoms with Gasteiger partial charge in [0.2, 0.25) is 0 Å². The SMILES string of the molecule is CCOc1ccc(-c2cnc(-c3cc(CC)c4cc(F)ccc4n3)nc2)cc1. The molecule has 2 aromatic carbocycles. The molecule has 0 aliphatic heterocycles. The van der Waals surface area contributed by atoms with Crippen molar-refractivity contribution in [3.05, 3.63) is 72.3 Å². The number of aromatic nitrogens is 3. The van der Waals surface area contributed by atoms with Gasteiger partial charge in [-0.3, -0.25) is 0 Å². The Kier molecular flexibility index (Phi) is 4.98. The standard InChI is InChI=1S/C23H20FN3O/c1-3-15-11-22(27-21-10-7-18(24)12-20(15)21)23-25-13-17(14-26-23)16-5-8-19(9-6-16)28-4-2/h5-14H,3-4H2,1-2H3. The van der Waals surface area contributed by atoms with Crippen LogP contribution in [0.1, 0.15) is 19.4 Å². The van der Waals surface area contributed by atoms with E-state index in [4.69, 9.17) is 4.74 Å². The van der Waals surface area contributed by atoms with Crippen molar-refractivity contribution in [3.63, 3.8) is 0 Å². The minimum Gasteiger partial charge on any atom is -0.494 e. The van der Waals surface area contributed by atoms with E-state index < -0.39 is 0 Å². The van der Waals surface area contributed by atoms with Crippen LogP contribution in [0.5, 0.6) is 5.75 Å². The Morgan fingerprint density at radius 1 is 0.893 bits per heavy atom. The maximum absolute atomic E-state index is 13.6. The maximum atomic E-state index is 13.6. The molecule has 5 heteroatoms. The second kappa shape index (κ2) is 7.72. The topological polar surface area (TPSA) is 47.9 Å². The van der Waals surface area contributed by atoms with Crippen molar-refractivity contribution in [1.29, 1.82) is 0 Å². The number of hydrogen-bond acceptors (Lipinski definition) is 4. The molecule has 0 unspecified atom stereocenters. The van der Waals surface area contributed by atoms with Gasteiger partial charge in [-0.2, -0.15) is 0 Å². The third-order valence-corrected chi connectivity index (χ3v) is 4.62. The summed E-state index contributed by atoms with van der Waals surface area (Å²) in [5.74, 6) is 1.14. The fourth-order valence-corrected chi connectivity index (χ4v) is 3.19. The molecule has 0 aliphatic rings. The van der Waals surface area contributed by atoms with E-state index >= 15 is 0 Å². The molecule has 0 N–H and O–H groups in total. The second-order valence-corrected chi connectivity index (χ2v) is 6.43. The minimum absolute atomic E-state index is 0.257. The highest BCUT2D eigenvalue weighted by Crippen LogP contribution is 2.26. The second-order valence-electron chi connectivity index (χ2n) is 6.43. The van der Waals surface area contributed by atoms with Crippen molar-refractivity contribution in [3.8, 4) is 28.4 Å². The van der Waals surface area contributed by atoms with Gasteiger partial charge in [0.15, 0.2) is 5.82 Å². The quantitative estimate of drug-likeness (QED) is 0.466. The Morgan fingerprint density at radius 3 is 2.32 bits per heavy atom. The molecule has 4 aromatic rings. The first kappa shape index (κ1) is 18.0. The van der Waals surface area contributed by atoms with Crippen LogP contribution in [-0.2, 0) is 6.42 Å². The molecule has 28 heavy (non-hydrogen) atoms. The van der Waals surface area contributed by atoms with Crippen LogP contribution < -0.4 is 4.74 Å². The molecule has 0 aliphatic carbocycles. The molecular weight excluding hydrogens is 353 g/mol. The van der Waals surface area contributed by atoms with Crippen LogP contribution in [0.4, 0.5) is 4.39 Å². The molecule has 0 spiro atoms. The fourth-order valence-electron chi connectivity index (χ4n) is 3.19. The van der Waals surface area contributed by atoms with E-state index in [2.05, 4.69) is 15.0 Å². The van der Waals surface area contributed by atoms with Gasteiger partial charge in [-0.15, -0.1) is 0 Å². The zero-order valence-electron chi connectivity index (χ0n) is 15.8. The zero-order valence-corrected chi connectivity index (χ0v) is 15.8. The molecule has 0 radical (unpaired) electrons. The lowest BCUT2D eigenvalue weighted by Gasteiger charge is -2.08. The number of halogens is 1. The highest BCUT2D eigenvalue weighted by atomic mass is 19.1. The Morgan fingerprint density at radius 2 is 1.64 bits per heavy atom. The molecule has 0 fully saturated rings. The number of nitrogens with zero attached hydrogens (tertiary/aromatic N) is 3. The summed E-state index contributed by atoms with van der Waals surface area (Å²) in [4.78, 5) is 13.6. The molecule has 0 saturated carbocycles. The Balaban J connectivity index is 1.67. The molecule has 0 bridgehead atoms. The summed E-state index contributed by atoms with van der Waals surface area (Å²) in [6, 6.07) is 14.4. The smallest absolute Gasteiger partial charge is 0.178 e.